The van der Waals surface area contributed by atoms with E-state index in [-0.39, 0.29) is 0 Å². The van der Waals surface area contributed by atoms with Crippen LogP contribution in [0.25, 0.3) is 0 Å². The summed E-state index contributed by atoms with van der Waals surface area (Å²) in [5, 5.41) is 28.0. The topological polar surface area (TPSA) is 77.1 Å². The predicted octanol–water partition coefficient (Wildman–Crippen LogP) is 0.823. The van der Waals surface area contributed by atoms with Crippen LogP contribution in [-0.2, 0) is 0 Å². The van der Waals surface area contributed by atoms with Crippen LogP contribution in [0.5, 0.6) is 0 Å². The Hall–Kier alpha value is -0.480. The molecule has 0 aliphatic heterocycles. The number of thiazole rings is 1. The Bertz CT molecular complexity index is 309. The van der Waals surface area contributed by atoms with E-state index in [4.69, 9.17) is 10.4 Å². The zero-order chi connectivity index (χ0) is 9.14. The summed E-state index contributed by atoms with van der Waals surface area (Å²) < 4.78 is 0.613. The van der Waals surface area contributed by atoms with Crippen molar-refractivity contribution in [2.45, 2.75) is 12.2 Å². The fraction of sp³-hybridized carbons (Fsp3) is 0.333. The van der Waals surface area contributed by atoms with Crippen LogP contribution in [-0.4, -0.2) is 21.3 Å². The highest BCUT2D eigenvalue weighted by Crippen LogP contribution is 2.22. The third-order valence-corrected chi connectivity index (χ3v) is 2.61. The maximum absolute atomic E-state index is 9.25. The number of aliphatic hydroxyl groups is 2. The third kappa shape index (κ3) is 2.01. The normalized spacial score (nSPS) is 15.2. The van der Waals surface area contributed by atoms with E-state index in [1.165, 1.54) is 17.4 Å². The van der Waals surface area contributed by atoms with Gasteiger partial charge in [-0.2, -0.15) is 5.26 Å². The van der Waals surface area contributed by atoms with Crippen LogP contribution in [0.4, 0.5) is 0 Å². The van der Waals surface area contributed by atoms with Crippen molar-refractivity contribution in [1.29, 1.82) is 5.26 Å². The molecule has 2 unspecified atom stereocenters. The largest absolute Gasteiger partial charge is 0.383 e. The number of nitrogens with zero attached hydrogens (tertiary/aromatic N) is 2. The SMILES string of the molecule is N#CC(O)C(O)c1csc(Br)n1. The Kier molecular flexibility index (Phi) is 3.17. The first kappa shape index (κ1) is 9.61. The second-order valence-corrected chi connectivity index (χ2v) is 4.18. The Morgan fingerprint density at radius 2 is 2.33 bits per heavy atom. The van der Waals surface area contributed by atoms with Gasteiger partial charge in [-0.15, -0.1) is 11.3 Å². The van der Waals surface area contributed by atoms with Crippen LogP contribution < -0.4 is 0 Å². The maximum Gasteiger partial charge on any atom is 0.171 e. The molecule has 2 N–H and O–H groups in total. The Morgan fingerprint density at radius 3 is 2.75 bits per heavy atom. The number of rotatable bonds is 2. The molecule has 0 radical (unpaired) electrons. The van der Waals surface area contributed by atoms with E-state index in [1.54, 1.807) is 5.38 Å². The lowest BCUT2D eigenvalue weighted by atomic mass is 10.2. The predicted molar refractivity (Wildman–Crippen MR) is 46.4 cm³/mol. The van der Waals surface area contributed by atoms with Gasteiger partial charge in [0.25, 0.3) is 0 Å². The monoisotopic (exact) mass is 248 g/mol. The van der Waals surface area contributed by atoms with Crippen LogP contribution in [0.15, 0.2) is 9.30 Å². The van der Waals surface area contributed by atoms with Gasteiger partial charge in [-0.05, 0) is 15.9 Å². The summed E-state index contributed by atoms with van der Waals surface area (Å²) in [7, 11) is 0. The molecule has 1 aromatic rings. The van der Waals surface area contributed by atoms with Crippen LogP contribution in [0.2, 0.25) is 0 Å². The first-order valence-corrected chi connectivity index (χ1v) is 4.69. The smallest absolute Gasteiger partial charge is 0.171 e. The molecule has 1 heterocycles. The minimum Gasteiger partial charge on any atom is -0.383 e. The summed E-state index contributed by atoms with van der Waals surface area (Å²) in [5.74, 6) is 0. The average molecular weight is 249 g/mol. The molecule has 0 saturated carbocycles. The molecule has 0 amide bonds. The van der Waals surface area contributed by atoms with Crippen molar-refractivity contribution in [3.05, 3.63) is 15.0 Å². The van der Waals surface area contributed by atoms with Crippen molar-refractivity contribution >= 4 is 27.3 Å². The van der Waals surface area contributed by atoms with Gasteiger partial charge < -0.3 is 10.2 Å². The molecule has 12 heavy (non-hydrogen) atoms. The quantitative estimate of drug-likeness (QED) is 0.761. The second-order valence-electron chi connectivity index (χ2n) is 2.04. The third-order valence-electron chi connectivity index (χ3n) is 1.23. The molecule has 0 aliphatic carbocycles. The van der Waals surface area contributed by atoms with Gasteiger partial charge in [-0.1, -0.05) is 0 Å². The van der Waals surface area contributed by atoms with Crippen molar-refractivity contribution in [3.63, 3.8) is 0 Å². The Balaban J connectivity index is 2.79. The van der Waals surface area contributed by atoms with E-state index in [2.05, 4.69) is 20.9 Å². The van der Waals surface area contributed by atoms with E-state index in [9.17, 15) is 5.11 Å². The molecule has 1 aromatic heterocycles. The van der Waals surface area contributed by atoms with Gasteiger partial charge in [0.1, 0.15) is 6.10 Å². The number of hydrogen-bond acceptors (Lipinski definition) is 5. The average Bonchev–Trinajstić information content (AvgIpc) is 2.49. The number of nitriles is 1. The molecule has 0 aliphatic rings. The van der Waals surface area contributed by atoms with Gasteiger partial charge in [0.15, 0.2) is 10.0 Å². The lowest BCUT2D eigenvalue weighted by Gasteiger charge is -2.07. The van der Waals surface area contributed by atoms with Crippen molar-refractivity contribution in [1.82, 2.24) is 4.98 Å². The summed E-state index contributed by atoms with van der Waals surface area (Å²) in [6.07, 6.45) is -2.64. The van der Waals surface area contributed by atoms with Crippen LogP contribution >= 0.6 is 27.3 Å². The van der Waals surface area contributed by atoms with Crippen molar-refractivity contribution in [3.8, 4) is 6.07 Å². The summed E-state index contributed by atoms with van der Waals surface area (Å²) in [4.78, 5) is 3.85. The summed E-state index contributed by atoms with van der Waals surface area (Å²) in [6, 6.07) is 1.53. The van der Waals surface area contributed by atoms with Crippen LogP contribution in [0, 0.1) is 11.3 Å². The van der Waals surface area contributed by atoms with Gasteiger partial charge >= 0.3 is 0 Å². The molecule has 0 aromatic carbocycles. The van der Waals surface area contributed by atoms with E-state index in [0.29, 0.717) is 9.61 Å². The first-order chi connectivity index (χ1) is 5.65. The summed E-state index contributed by atoms with van der Waals surface area (Å²) >= 11 is 4.39. The zero-order valence-corrected chi connectivity index (χ0v) is 8.21. The van der Waals surface area contributed by atoms with Gasteiger partial charge in [0, 0.05) is 5.38 Å². The highest BCUT2D eigenvalue weighted by atomic mass is 79.9. The molecule has 64 valence electrons. The summed E-state index contributed by atoms with van der Waals surface area (Å²) in [6.45, 7) is 0. The zero-order valence-electron chi connectivity index (χ0n) is 5.81. The molecule has 0 bridgehead atoms. The van der Waals surface area contributed by atoms with Gasteiger partial charge in [-0.3, -0.25) is 0 Å². The molecule has 0 fully saturated rings. The molecule has 1 rings (SSSR count). The molecule has 6 heteroatoms. The van der Waals surface area contributed by atoms with E-state index in [0.717, 1.165) is 0 Å². The Morgan fingerprint density at radius 1 is 1.67 bits per heavy atom. The number of hydrogen-bond donors (Lipinski definition) is 2. The number of halogens is 1. The molecule has 4 nitrogen and oxygen atoms in total. The van der Waals surface area contributed by atoms with E-state index < -0.39 is 12.2 Å². The first-order valence-electron chi connectivity index (χ1n) is 3.02. The van der Waals surface area contributed by atoms with E-state index >= 15 is 0 Å². The lowest BCUT2D eigenvalue weighted by Crippen LogP contribution is -2.15. The summed E-state index contributed by atoms with van der Waals surface area (Å²) in [5.41, 5.74) is 0.306. The molecular weight excluding hydrogens is 244 g/mol. The van der Waals surface area contributed by atoms with Crippen molar-refractivity contribution < 1.29 is 10.2 Å². The van der Waals surface area contributed by atoms with Crippen molar-refractivity contribution in [2.75, 3.05) is 0 Å². The van der Waals surface area contributed by atoms with Gasteiger partial charge in [0.2, 0.25) is 0 Å². The van der Waals surface area contributed by atoms with Gasteiger partial charge in [-0.25, -0.2) is 4.98 Å². The van der Waals surface area contributed by atoms with E-state index in [1.807, 2.05) is 0 Å². The minimum atomic E-state index is -1.42. The fourth-order valence-electron chi connectivity index (χ4n) is 0.631. The van der Waals surface area contributed by atoms with Gasteiger partial charge in [0.05, 0.1) is 11.8 Å². The number of aliphatic hydroxyl groups excluding tert-OH is 2. The van der Waals surface area contributed by atoms with Crippen LogP contribution in [0.1, 0.15) is 11.8 Å². The molecule has 0 spiro atoms. The maximum atomic E-state index is 9.25. The highest BCUT2D eigenvalue weighted by Gasteiger charge is 2.19. The van der Waals surface area contributed by atoms with Crippen molar-refractivity contribution in [2.24, 2.45) is 0 Å². The minimum absolute atomic E-state index is 0.306. The number of aromatic nitrogens is 1. The molecule has 0 saturated heterocycles. The Labute approximate surface area is 81.2 Å². The standard InChI is InChI=1S/C6H5BrN2O2S/c7-6-9-3(2-12-6)5(11)4(10)1-8/h2,4-5,10-11H. The highest BCUT2D eigenvalue weighted by molar-refractivity contribution is 9.11. The molecular formula is C6H5BrN2O2S. The van der Waals surface area contributed by atoms with Crippen LogP contribution in [0.3, 0.4) is 0 Å². The lowest BCUT2D eigenvalue weighted by molar-refractivity contribution is 0.0502. The molecule has 2 atom stereocenters. The fourth-order valence-corrected chi connectivity index (χ4v) is 1.68. The second kappa shape index (κ2) is 3.96.